The van der Waals surface area contributed by atoms with Crippen LogP contribution in [0.15, 0.2) is 47.4 Å². The summed E-state index contributed by atoms with van der Waals surface area (Å²) in [7, 11) is -2.21. The summed E-state index contributed by atoms with van der Waals surface area (Å²) in [6.07, 6.45) is 1.18. The maximum absolute atomic E-state index is 13.1. The van der Waals surface area contributed by atoms with Crippen LogP contribution in [0.4, 0.5) is 4.39 Å². The van der Waals surface area contributed by atoms with E-state index in [4.69, 9.17) is 9.47 Å². The largest absolute Gasteiger partial charge is 0.493 e. The molecule has 0 bridgehead atoms. The third-order valence-electron chi connectivity index (χ3n) is 5.20. The minimum Gasteiger partial charge on any atom is -0.493 e. The van der Waals surface area contributed by atoms with E-state index in [2.05, 4.69) is 5.32 Å². The van der Waals surface area contributed by atoms with E-state index in [1.165, 1.54) is 16.4 Å². The van der Waals surface area contributed by atoms with Gasteiger partial charge in [-0.3, -0.25) is 4.79 Å². The average Bonchev–Trinajstić information content (AvgIpc) is 2.78. The van der Waals surface area contributed by atoms with E-state index in [1.807, 2.05) is 19.1 Å². The lowest BCUT2D eigenvalue weighted by Crippen LogP contribution is -2.45. The molecule has 1 fully saturated rings. The van der Waals surface area contributed by atoms with Crippen molar-refractivity contribution in [2.75, 3.05) is 26.8 Å². The van der Waals surface area contributed by atoms with Crippen LogP contribution in [-0.2, 0) is 21.4 Å². The van der Waals surface area contributed by atoms with Crippen molar-refractivity contribution >= 4 is 15.9 Å². The molecule has 0 radical (unpaired) electrons. The van der Waals surface area contributed by atoms with Crippen molar-refractivity contribution in [3.63, 3.8) is 0 Å². The topological polar surface area (TPSA) is 84.9 Å². The molecule has 0 aromatic heterocycles. The Kier molecular flexibility index (Phi) is 7.50. The maximum Gasteiger partial charge on any atom is 0.243 e. The number of carbonyl (C=O) groups is 1. The van der Waals surface area contributed by atoms with Crippen molar-refractivity contribution < 1.29 is 27.1 Å². The predicted molar refractivity (Wildman–Crippen MR) is 114 cm³/mol. The van der Waals surface area contributed by atoms with Crippen molar-refractivity contribution in [1.82, 2.24) is 9.62 Å². The standard InChI is InChI=1S/C22H27FN2O5S/c1-3-30-21-13-16(6-11-20(21)29-2)14-24-22(26)17-5-4-12-25(15-17)31(27,28)19-9-7-18(23)8-10-19/h6-11,13,17H,3-5,12,14-15H2,1-2H3,(H,24,26). The Morgan fingerprint density at radius 1 is 1.19 bits per heavy atom. The van der Waals surface area contributed by atoms with Gasteiger partial charge >= 0.3 is 0 Å². The van der Waals surface area contributed by atoms with Crippen molar-refractivity contribution in [2.24, 2.45) is 5.92 Å². The first kappa shape index (κ1) is 23.0. The first-order valence-corrected chi connectivity index (χ1v) is 11.6. The zero-order chi connectivity index (χ0) is 22.4. The fourth-order valence-corrected chi connectivity index (χ4v) is 5.09. The third kappa shape index (κ3) is 5.54. The zero-order valence-corrected chi connectivity index (χ0v) is 18.5. The van der Waals surface area contributed by atoms with Gasteiger partial charge in [0.1, 0.15) is 5.82 Å². The fourth-order valence-electron chi connectivity index (χ4n) is 3.56. The second-order valence-electron chi connectivity index (χ2n) is 7.29. The Morgan fingerprint density at radius 3 is 2.61 bits per heavy atom. The minimum absolute atomic E-state index is 0.0247. The van der Waals surface area contributed by atoms with E-state index < -0.39 is 21.8 Å². The Bertz CT molecular complexity index is 1010. The van der Waals surface area contributed by atoms with Crippen molar-refractivity contribution in [3.05, 3.63) is 53.8 Å². The van der Waals surface area contributed by atoms with E-state index in [-0.39, 0.29) is 17.3 Å². The lowest BCUT2D eigenvalue weighted by atomic mass is 9.98. The molecule has 1 N–H and O–H groups in total. The van der Waals surface area contributed by atoms with Gasteiger partial charge in [-0.2, -0.15) is 4.31 Å². The Hall–Kier alpha value is -2.65. The molecule has 1 aliphatic heterocycles. The van der Waals surface area contributed by atoms with Crippen LogP contribution in [0.5, 0.6) is 11.5 Å². The molecule has 3 rings (SSSR count). The summed E-state index contributed by atoms with van der Waals surface area (Å²) in [4.78, 5) is 12.7. The number of ether oxygens (including phenoxy) is 2. The minimum atomic E-state index is -3.78. The summed E-state index contributed by atoms with van der Waals surface area (Å²) in [5.74, 6) is 0.0686. The predicted octanol–water partition coefficient (Wildman–Crippen LogP) is 2.95. The van der Waals surface area contributed by atoms with E-state index in [9.17, 15) is 17.6 Å². The molecule has 31 heavy (non-hydrogen) atoms. The van der Waals surface area contributed by atoms with E-state index >= 15 is 0 Å². The van der Waals surface area contributed by atoms with Gasteiger partial charge in [-0.15, -0.1) is 0 Å². The number of amides is 1. The quantitative estimate of drug-likeness (QED) is 0.669. The van der Waals surface area contributed by atoms with Crippen LogP contribution in [0.25, 0.3) is 0 Å². The fraction of sp³-hybridized carbons (Fsp3) is 0.409. The summed E-state index contributed by atoms with van der Waals surface area (Å²) < 4.78 is 51.0. The Morgan fingerprint density at radius 2 is 1.94 bits per heavy atom. The molecule has 0 aliphatic carbocycles. The van der Waals surface area contributed by atoms with E-state index in [0.29, 0.717) is 44.0 Å². The summed E-state index contributed by atoms with van der Waals surface area (Å²) in [5, 5.41) is 2.89. The van der Waals surface area contributed by atoms with Gasteiger partial charge in [0.05, 0.1) is 24.5 Å². The first-order chi connectivity index (χ1) is 14.8. The molecule has 1 heterocycles. The maximum atomic E-state index is 13.1. The number of halogens is 1. The molecule has 1 unspecified atom stereocenters. The molecule has 1 atom stereocenters. The molecule has 0 spiro atoms. The van der Waals surface area contributed by atoms with Crippen LogP contribution >= 0.6 is 0 Å². The number of nitrogens with zero attached hydrogens (tertiary/aromatic N) is 1. The number of sulfonamides is 1. The van der Waals surface area contributed by atoms with Crippen molar-refractivity contribution in [3.8, 4) is 11.5 Å². The molecule has 7 nitrogen and oxygen atoms in total. The molecule has 0 saturated carbocycles. The number of rotatable bonds is 8. The van der Waals surface area contributed by atoms with Gasteiger partial charge in [0, 0.05) is 19.6 Å². The van der Waals surface area contributed by atoms with Gasteiger partial charge in [-0.25, -0.2) is 12.8 Å². The summed E-state index contributed by atoms with van der Waals surface area (Å²) >= 11 is 0. The molecule has 1 amide bonds. The van der Waals surface area contributed by atoms with Crippen molar-refractivity contribution in [2.45, 2.75) is 31.2 Å². The normalized spacial score (nSPS) is 17.2. The smallest absolute Gasteiger partial charge is 0.243 e. The molecule has 9 heteroatoms. The van der Waals surface area contributed by atoms with Gasteiger partial charge in [0.2, 0.25) is 15.9 Å². The van der Waals surface area contributed by atoms with Crippen LogP contribution < -0.4 is 14.8 Å². The van der Waals surface area contributed by atoms with Gasteiger partial charge < -0.3 is 14.8 Å². The monoisotopic (exact) mass is 450 g/mol. The number of methoxy groups -OCH3 is 1. The average molecular weight is 451 g/mol. The molecule has 168 valence electrons. The highest BCUT2D eigenvalue weighted by Crippen LogP contribution is 2.28. The van der Waals surface area contributed by atoms with Gasteiger partial charge in [0.15, 0.2) is 11.5 Å². The SMILES string of the molecule is CCOc1cc(CNC(=O)C2CCCN(S(=O)(=O)c3ccc(F)cc3)C2)ccc1OC. The highest BCUT2D eigenvalue weighted by atomic mass is 32.2. The highest BCUT2D eigenvalue weighted by Gasteiger charge is 2.33. The third-order valence-corrected chi connectivity index (χ3v) is 7.08. The first-order valence-electron chi connectivity index (χ1n) is 10.2. The number of piperidine rings is 1. The number of benzene rings is 2. The number of carbonyl (C=O) groups excluding carboxylic acids is 1. The van der Waals surface area contributed by atoms with Crippen molar-refractivity contribution in [1.29, 1.82) is 0 Å². The van der Waals surface area contributed by atoms with Gasteiger partial charge in [-0.05, 0) is 61.7 Å². The van der Waals surface area contributed by atoms with E-state index in [1.54, 1.807) is 13.2 Å². The second-order valence-corrected chi connectivity index (χ2v) is 9.23. The number of nitrogens with one attached hydrogen (secondary N) is 1. The molecular formula is C22H27FN2O5S. The van der Waals surface area contributed by atoms with Gasteiger partial charge in [0.25, 0.3) is 0 Å². The molecule has 2 aromatic rings. The van der Waals surface area contributed by atoms with Gasteiger partial charge in [-0.1, -0.05) is 6.07 Å². The summed E-state index contributed by atoms with van der Waals surface area (Å²) in [6.45, 7) is 3.09. The number of hydrogen-bond donors (Lipinski definition) is 1. The summed E-state index contributed by atoms with van der Waals surface area (Å²) in [6, 6.07) is 10.2. The second kappa shape index (κ2) is 10.1. The lowest BCUT2D eigenvalue weighted by Gasteiger charge is -2.31. The van der Waals surface area contributed by atoms with Crippen LogP contribution in [0.1, 0.15) is 25.3 Å². The van der Waals surface area contributed by atoms with Crippen LogP contribution in [-0.4, -0.2) is 45.4 Å². The Labute approximate surface area is 182 Å². The van der Waals surface area contributed by atoms with Crippen LogP contribution in [0, 0.1) is 11.7 Å². The highest BCUT2D eigenvalue weighted by molar-refractivity contribution is 7.89. The van der Waals surface area contributed by atoms with Crippen LogP contribution in [0.2, 0.25) is 0 Å². The zero-order valence-electron chi connectivity index (χ0n) is 17.6. The molecule has 2 aromatic carbocycles. The molecular weight excluding hydrogens is 423 g/mol. The Balaban J connectivity index is 1.63. The van der Waals surface area contributed by atoms with E-state index in [0.717, 1.165) is 17.7 Å². The molecule has 1 saturated heterocycles. The summed E-state index contributed by atoms with van der Waals surface area (Å²) in [5.41, 5.74) is 0.851. The molecule has 1 aliphatic rings. The number of hydrogen-bond acceptors (Lipinski definition) is 5. The lowest BCUT2D eigenvalue weighted by molar-refractivity contribution is -0.126. The van der Waals surface area contributed by atoms with Crippen LogP contribution in [0.3, 0.4) is 0 Å².